The lowest BCUT2D eigenvalue weighted by atomic mass is 10.1. The highest BCUT2D eigenvalue weighted by atomic mass is 16.6. The molecule has 18 heavy (non-hydrogen) atoms. The second-order valence-corrected chi connectivity index (χ2v) is 4.17. The highest BCUT2D eigenvalue weighted by Gasteiger charge is 2.18. The van der Waals surface area contributed by atoms with Crippen molar-refractivity contribution in [3.8, 4) is 0 Å². The number of rotatable bonds is 7. The summed E-state index contributed by atoms with van der Waals surface area (Å²) in [6, 6.07) is 4.91. The van der Waals surface area contributed by atoms with Gasteiger partial charge >= 0.3 is 0 Å². The Kier molecular flexibility index (Phi) is 5.58. The van der Waals surface area contributed by atoms with Crippen molar-refractivity contribution < 1.29 is 10.0 Å². The van der Waals surface area contributed by atoms with E-state index in [0.717, 1.165) is 25.9 Å². The van der Waals surface area contributed by atoms with Crippen LogP contribution in [0.25, 0.3) is 0 Å². The first-order valence-corrected chi connectivity index (χ1v) is 6.27. The SMILES string of the molecule is CCCCN(CC)c1ccc(CO)cc1[N+](=O)[O-]. The molecular weight excluding hydrogens is 232 g/mol. The van der Waals surface area contributed by atoms with Gasteiger partial charge in [-0.15, -0.1) is 0 Å². The van der Waals surface area contributed by atoms with Crippen LogP contribution < -0.4 is 4.90 Å². The fourth-order valence-electron chi connectivity index (χ4n) is 1.88. The molecule has 0 aliphatic carbocycles. The molecule has 5 heteroatoms. The van der Waals surface area contributed by atoms with Crippen LogP contribution in [0.4, 0.5) is 11.4 Å². The molecule has 1 N–H and O–H groups in total. The van der Waals surface area contributed by atoms with E-state index in [1.54, 1.807) is 12.1 Å². The van der Waals surface area contributed by atoms with Crippen molar-refractivity contribution in [3.05, 3.63) is 33.9 Å². The lowest BCUT2D eigenvalue weighted by Crippen LogP contribution is -2.24. The minimum absolute atomic E-state index is 0.0690. The van der Waals surface area contributed by atoms with Crippen molar-refractivity contribution in [2.24, 2.45) is 0 Å². The number of hydrogen-bond acceptors (Lipinski definition) is 4. The molecule has 0 spiro atoms. The average Bonchev–Trinajstić information content (AvgIpc) is 2.39. The Hall–Kier alpha value is -1.62. The van der Waals surface area contributed by atoms with Crippen LogP contribution in [-0.2, 0) is 6.61 Å². The quantitative estimate of drug-likeness (QED) is 0.598. The van der Waals surface area contributed by atoms with E-state index in [-0.39, 0.29) is 17.2 Å². The van der Waals surface area contributed by atoms with Gasteiger partial charge in [-0.25, -0.2) is 0 Å². The van der Waals surface area contributed by atoms with Gasteiger partial charge < -0.3 is 10.0 Å². The third kappa shape index (κ3) is 3.43. The van der Waals surface area contributed by atoms with E-state index in [2.05, 4.69) is 6.92 Å². The maximum absolute atomic E-state index is 11.1. The molecule has 100 valence electrons. The van der Waals surface area contributed by atoms with Crippen molar-refractivity contribution in [2.45, 2.75) is 33.3 Å². The molecule has 0 unspecified atom stereocenters. The smallest absolute Gasteiger partial charge is 0.292 e. The van der Waals surface area contributed by atoms with E-state index in [1.165, 1.54) is 6.07 Å². The van der Waals surface area contributed by atoms with Crippen LogP contribution in [0, 0.1) is 10.1 Å². The first kappa shape index (κ1) is 14.4. The van der Waals surface area contributed by atoms with E-state index < -0.39 is 0 Å². The summed E-state index contributed by atoms with van der Waals surface area (Å²) in [5.41, 5.74) is 1.27. The highest BCUT2D eigenvalue weighted by Crippen LogP contribution is 2.29. The van der Waals surface area contributed by atoms with Crippen LogP contribution in [0.15, 0.2) is 18.2 Å². The van der Waals surface area contributed by atoms with Crippen LogP contribution in [0.2, 0.25) is 0 Å². The summed E-state index contributed by atoms with van der Waals surface area (Å²) in [5.74, 6) is 0. The van der Waals surface area contributed by atoms with Crippen molar-refractivity contribution in [1.82, 2.24) is 0 Å². The molecule has 0 aliphatic rings. The number of hydrogen-bond donors (Lipinski definition) is 1. The molecule has 0 aliphatic heterocycles. The van der Waals surface area contributed by atoms with Crippen molar-refractivity contribution in [1.29, 1.82) is 0 Å². The number of nitro benzene ring substituents is 1. The molecule has 0 atom stereocenters. The van der Waals surface area contributed by atoms with Gasteiger partial charge in [-0.1, -0.05) is 19.4 Å². The summed E-state index contributed by atoms with van der Waals surface area (Å²) in [7, 11) is 0. The van der Waals surface area contributed by atoms with E-state index >= 15 is 0 Å². The van der Waals surface area contributed by atoms with Gasteiger partial charge in [0.25, 0.3) is 5.69 Å². The summed E-state index contributed by atoms with van der Waals surface area (Å²) in [6.07, 6.45) is 2.06. The van der Waals surface area contributed by atoms with Crippen LogP contribution >= 0.6 is 0 Å². The van der Waals surface area contributed by atoms with E-state index in [0.29, 0.717) is 11.3 Å². The maximum atomic E-state index is 11.1. The van der Waals surface area contributed by atoms with Crippen LogP contribution in [0.1, 0.15) is 32.3 Å². The number of nitrogens with zero attached hydrogens (tertiary/aromatic N) is 2. The number of aliphatic hydroxyl groups is 1. The lowest BCUT2D eigenvalue weighted by Gasteiger charge is -2.22. The summed E-state index contributed by atoms with van der Waals surface area (Å²) in [4.78, 5) is 12.7. The molecule has 0 fully saturated rings. The molecule has 0 aromatic heterocycles. The Balaban J connectivity index is 3.08. The molecule has 0 saturated carbocycles. The second kappa shape index (κ2) is 6.96. The predicted octanol–water partition coefficient (Wildman–Crippen LogP) is 2.71. The van der Waals surface area contributed by atoms with Crippen molar-refractivity contribution >= 4 is 11.4 Å². The lowest BCUT2D eigenvalue weighted by molar-refractivity contribution is -0.384. The Morgan fingerprint density at radius 3 is 2.61 bits per heavy atom. The summed E-state index contributed by atoms with van der Waals surface area (Å²) in [6.45, 7) is 5.45. The molecule has 5 nitrogen and oxygen atoms in total. The van der Waals surface area contributed by atoms with Gasteiger partial charge in [-0.05, 0) is 25.0 Å². The minimum Gasteiger partial charge on any atom is -0.392 e. The van der Waals surface area contributed by atoms with Gasteiger partial charge in [0.15, 0.2) is 0 Å². The molecule has 1 aromatic carbocycles. The monoisotopic (exact) mass is 252 g/mol. The first-order valence-electron chi connectivity index (χ1n) is 6.27. The fourth-order valence-corrected chi connectivity index (χ4v) is 1.88. The average molecular weight is 252 g/mol. The minimum atomic E-state index is -0.386. The number of aliphatic hydroxyl groups excluding tert-OH is 1. The summed E-state index contributed by atoms with van der Waals surface area (Å²) >= 11 is 0. The third-order valence-corrected chi connectivity index (χ3v) is 2.92. The van der Waals surface area contributed by atoms with E-state index in [9.17, 15) is 10.1 Å². The zero-order valence-electron chi connectivity index (χ0n) is 10.9. The summed E-state index contributed by atoms with van der Waals surface area (Å²) < 4.78 is 0. The van der Waals surface area contributed by atoms with Crippen LogP contribution in [0.5, 0.6) is 0 Å². The Bertz CT molecular complexity index is 407. The summed E-state index contributed by atoms with van der Waals surface area (Å²) in [5, 5.41) is 20.1. The number of nitro groups is 1. The van der Waals surface area contributed by atoms with Gasteiger partial charge in [-0.3, -0.25) is 10.1 Å². The van der Waals surface area contributed by atoms with Gasteiger partial charge in [0.2, 0.25) is 0 Å². The zero-order chi connectivity index (χ0) is 13.5. The van der Waals surface area contributed by atoms with E-state index in [4.69, 9.17) is 5.11 Å². The fraction of sp³-hybridized carbons (Fsp3) is 0.538. The topological polar surface area (TPSA) is 66.6 Å². The second-order valence-electron chi connectivity index (χ2n) is 4.17. The number of benzene rings is 1. The van der Waals surface area contributed by atoms with Gasteiger partial charge in [0.05, 0.1) is 11.5 Å². The Morgan fingerprint density at radius 2 is 2.11 bits per heavy atom. The Morgan fingerprint density at radius 1 is 1.39 bits per heavy atom. The molecule has 0 amide bonds. The molecule has 0 saturated heterocycles. The van der Waals surface area contributed by atoms with Gasteiger partial charge in [0, 0.05) is 19.2 Å². The Labute approximate surface area is 107 Å². The zero-order valence-corrected chi connectivity index (χ0v) is 10.9. The maximum Gasteiger partial charge on any atom is 0.292 e. The normalized spacial score (nSPS) is 10.4. The molecular formula is C13H20N2O3. The van der Waals surface area contributed by atoms with Crippen LogP contribution in [-0.4, -0.2) is 23.1 Å². The van der Waals surface area contributed by atoms with E-state index in [1.807, 2.05) is 11.8 Å². The molecule has 1 rings (SSSR count). The first-order chi connectivity index (χ1) is 8.63. The third-order valence-electron chi connectivity index (χ3n) is 2.92. The van der Waals surface area contributed by atoms with Crippen LogP contribution in [0.3, 0.4) is 0 Å². The molecule has 0 bridgehead atoms. The standard InChI is InChI=1S/C13H20N2O3/c1-3-5-8-14(4-2)12-7-6-11(10-16)9-13(12)15(17)18/h6-7,9,16H,3-5,8,10H2,1-2H3. The number of anilines is 1. The molecule has 0 heterocycles. The van der Waals surface area contributed by atoms with Crippen molar-refractivity contribution in [3.63, 3.8) is 0 Å². The predicted molar refractivity (Wildman–Crippen MR) is 71.8 cm³/mol. The van der Waals surface area contributed by atoms with Crippen molar-refractivity contribution in [2.75, 3.05) is 18.0 Å². The largest absolute Gasteiger partial charge is 0.392 e. The van der Waals surface area contributed by atoms with Gasteiger partial charge in [-0.2, -0.15) is 0 Å². The molecule has 0 radical (unpaired) electrons. The number of unbranched alkanes of at least 4 members (excludes halogenated alkanes) is 1. The molecule has 1 aromatic rings. The highest BCUT2D eigenvalue weighted by molar-refractivity contribution is 5.64. The van der Waals surface area contributed by atoms with Gasteiger partial charge in [0.1, 0.15) is 5.69 Å².